The average molecular weight is 647 g/mol. The molecule has 2 aromatic carbocycles. The quantitative estimate of drug-likeness (QED) is 0.412. The lowest BCUT2D eigenvalue weighted by atomic mass is 9.69. The van der Waals surface area contributed by atoms with Gasteiger partial charge in [-0.2, -0.15) is 4.31 Å². The lowest BCUT2D eigenvalue weighted by Crippen LogP contribution is -2.65. The topological polar surface area (TPSA) is 144 Å². The molecule has 6 rings (SSSR count). The SMILES string of the molecule is CC(C)CN(C[C@H]1OC(C)(C)N(C(=O)O)[C@@]1(Cc1ccc(O)cc1)[C@@H]1CO[C@H]2OCC[C@H]21)S(=O)(=O)c1ccc2c(c1)OCCO2. The first kappa shape index (κ1) is 31.9. The maximum Gasteiger partial charge on any atom is 0.410 e. The normalized spacial score (nSPS) is 29.0. The van der Waals surface area contributed by atoms with Crippen molar-refractivity contribution in [2.75, 3.05) is 39.5 Å². The molecule has 246 valence electrons. The van der Waals surface area contributed by atoms with Crippen molar-refractivity contribution in [3.63, 3.8) is 0 Å². The number of amides is 1. The van der Waals surface area contributed by atoms with Crippen LogP contribution in [0.25, 0.3) is 0 Å². The Morgan fingerprint density at radius 3 is 2.44 bits per heavy atom. The standard InChI is InChI=1S/C32H42N2O10S/c1-20(2)17-33(45(38,39)23-9-10-26-27(15-23)41-14-13-40-26)18-28-32(16-21-5-7-22(35)8-6-21,34(30(36)37)31(3,4)44-28)25-19-43-29-24(25)11-12-42-29/h5-10,15,20,24-25,28-29,35H,11-14,16-19H2,1-4H3,(H,36,37)/t24-,25+,28+,29+,32-/m0/s1. The molecule has 0 unspecified atom stereocenters. The van der Waals surface area contributed by atoms with Gasteiger partial charge in [-0.05, 0) is 62.4 Å². The molecular formula is C32H42N2O10S. The van der Waals surface area contributed by atoms with Crippen LogP contribution in [-0.4, -0.2) is 97.1 Å². The van der Waals surface area contributed by atoms with Crippen LogP contribution in [0.4, 0.5) is 4.79 Å². The lowest BCUT2D eigenvalue weighted by molar-refractivity contribution is -0.0907. The third-order valence-corrected chi connectivity index (χ3v) is 11.2. The van der Waals surface area contributed by atoms with Gasteiger partial charge in [-0.25, -0.2) is 13.2 Å². The van der Waals surface area contributed by atoms with Crippen molar-refractivity contribution in [1.82, 2.24) is 9.21 Å². The molecule has 2 aromatic rings. The van der Waals surface area contributed by atoms with Crippen molar-refractivity contribution in [3.05, 3.63) is 48.0 Å². The number of sulfonamides is 1. The van der Waals surface area contributed by atoms with Crippen LogP contribution in [0.5, 0.6) is 17.2 Å². The average Bonchev–Trinajstić information content (AvgIpc) is 3.66. The van der Waals surface area contributed by atoms with Gasteiger partial charge in [-0.3, -0.25) is 4.90 Å². The van der Waals surface area contributed by atoms with E-state index in [0.29, 0.717) is 37.7 Å². The molecule has 4 aliphatic rings. The maximum absolute atomic E-state index is 14.4. The number of phenolic OH excluding ortho intramolecular Hbond substituents is 1. The number of rotatable bonds is 9. The van der Waals surface area contributed by atoms with Gasteiger partial charge in [-0.1, -0.05) is 26.0 Å². The molecule has 2 N–H and O–H groups in total. The predicted octanol–water partition coefficient (Wildman–Crippen LogP) is 3.92. The highest BCUT2D eigenvalue weighted by atomic mass is 32.2. The first-order chi connectivity index (χ1) is 21.3. The fraction of sp³-hybridized carbons (Fsp3) is 0.594. The molecule has 0 spiro atoms. The minimum Gasteiger partial charge on any atom is -0.508 e. The Labute approximate surface area is 263 Å². The molecule has 0 radical (unpaired) electrons. The zero-order chi connectivity index (χ0) is 32.1. The van der Waals surface area contributed by atoms with Crippen molar-refractivity contribution >= 4 is 16.1 Å². The number of phenols is 1. The zero-order valence-corrected chi connectivity index (χ0v) is 26.9. The van der Waals surface area contributed by atoms with Gasteiger partial charge in [0.15, 0.2) is 17.8 Å². The van der Waals surface area contributed by atoms with Gasteiger partial charge in [-0.15, -0.1) is 0 Å². The molecule has 13 heteroatoms. The third kappa shape index (κ3) is 5.73. The maximum atomic E-state index is 14.4. The van der Waals surface area contributed by atoms with E-state index >= 15 is 0 Å². The Kier molecular flexibility index (Phi) is 8.44. The van der Waals surface area contributed by atoms with Crippen molar-refractivity contribution in [1.29, 1.82) is 0 Å². The van der Waals surface area contributed by atoms with Gasteiger partial charge >= 0.3 is 6.09 Å². The van der Waals surface area contributed by atoms with Crippen LogP contribution in [0.1, 0.15) is 39.7 Å². The predicted molar refractivity (Wildman–Crippen MR) is 162 cm³/mol. The summed E-state index contributed by atoms with van der Waals surface area (Å²) in [6.07, 6.45) is -1.63. The van der Waals surface area contributed by atoms with Crippen molar-refractivity contribution in [3.8, 4) is 17.2 Å². The molecule has 5 atom stereocenters. The highest BCUT2D eigenvalue weighted by Crippen LogP contribution is 2.53. The molecule has 3 fully saturated rings. The monoisotopic (exact) mass is 646 g/mol. The van der Waals surface area contributed by atoms with Crippen LogP contribution in [-0.2, 0) is 30.7 Å². The Morgan fingerprint density at radius 1 is 1.04 bits per heavy atom. The third-order valence-electron chi connectivity index (χ3n) is 9.33. The molecule has 4 aliphatic heterocycles. The van der Waals surface area contributed by atoms with E-state index in [4.69, 9.17) is 23.7 Å². The van der Waals surface area contributed by atoms with E-state index in [1.807, 2.05) is 13.8 Å². The first-order valence-corrected chi connectivity index (χ1v) is 16.9. The van der Waals surface area contributed by atoms with Crippen LogP contribution in [0.3, 0.4) is 0 Å². The fourth-order valence-corrected chi connectivity index (χ4v) is 9.22. The van der Waals surface area contributed by atoms with E-state index in [9.17, 15) is 23.4 Å². The summed E-state index contributed by atoms with van der Waals surface area (Å²) in [7, 11) is -4.10. The lowest BCUT2D eigenvalue weighted by Gasteiger charge is -2.47. The Hall–Kier alpha value is -3.10. The molecule has 1 amide bonds. The Morgan fingerprint density at radius 2 is 1.76 bits per heavy atom. The molecule has 3 saturated heterocycles. The molecule has 0 bridgehead atoms. The summed E-state index contributed by atoms with van der Waals surface area (Å²) >= 11 is 0. The number of benzene rings is 2. The second-order valence-corrected chi connectivity index (χ2v) is 15.1. The van der Waals surface area contributed by atoms with Crippen LogP contribution >= 0.6 is 0 Å². The van der Waals surface area contributed by atoms with Gasteiger partial charge in [0.25, 0.3) is 0 Å². The number of hydrogen-bond acceptors (Lipinski definition) is 9. The number of hydrogen-bond donors (Lipinski definition) is 2. The van der Waals surface area contributed by atoms with Crippen molar-refractivity contribution in [2.24, 2.45) is 17.8 Å². The molecular weight excluding hydrogens is 604 g/mol. The molecule has 4 heterocycles. The highest BCUT2D eigenvalue weighted by molar-refractivity contribution is 7.89. The summed E-state index contributed by atoms with van der Waals surface area (Å²) in [5, 5.41) is 20.8. The summed E-state index contributed by atoms with van der Waals surface area (Å²) in [6, 6.07) is 11.2. The zero-order valence-electron chi connectivity index (χ0n) is 26.0. The molecule has 45 heavy (non-hydrogen) atoms. The number of carboxylic acid groups (broad SMARTS) is 1. The van der Waals surface area contributed by atoms with Crippen LogP contribution in [0.2, 0.25) is 0 Å². The van der Waals surface area contributed by atoms with Gasteiger partial charge in [0.1, 0.15) is 24.7 Å². The Balaban J connectivity index is 1.47. The molecule has 0 aliphatic carbocycles. The van der Waals surface area contributed by atoms with Gasteiger partial charge in [0.05, 0.1) is 29.8 Å². The fourth-order valence-electron chi connectivity index (χ4n) is 7.60. The second kappa shape index (κ2) is 11.9. The van der Waals surface area contributed by atoms with Gasteiger partial charge in [0.2, 0.25) is 10.0 Å². The van der Waals surface area contributed by atoms with Gasteiger partial charge in [0, 0.05) is 31.0 Å². The number of carbonyl (C=O) groups is 1. The van der Waals surface area contributed by atoms with E-state index in [0.717, 1.165) is 5.56 Å². The summed E-state index contributed by atoms with van der Waals surface area (Å²) in [6.45, 7) is 8.76. The second-order valence-electron chi connectivity index (χ2n) is 13.2. The minimum atomic E-state index is -4.10. The largest absolute Gasteiger partial charge is 0.508 e. The van der Waals surface area contributed by atoms with Crippen LogP contribution in [0, 0.1) is 17.8 Å². The number of ether oxygens (including phenoxy) is 5. The summed E-state index contributed by atoms with van der Waals surface area (Å²) < 4.78 is 60.1. The first-order valence-electron chi connectivity index (χ1n) is 15.4. The number of nitrogens with zero attached hydrogens (tertiary/aromatic N) is 2. The highest BCUT2D eigenvalue weighted by Gasteiger charge is 2.67. The summed E-state index contributed by atoms with van der Waals surface area (Å²) in [5.74, 6) is 0.409. The number of fused-ring (bicyclic) bond motifs is 2. The van der Waals surface area contributed by atoms with E-state index in [1.54, 1.807) is 44.2 Å². The van der Waals surface area contributed by atoms with E-state index < -0.39 is 39.8 Å². The van der Waals surface area contributed by atoms with Gasteiger partial charge < -0.3 is 33.9 Å². The Bertz CT molecular complexity index is 1510. The molecule has 0 saturated carbocycles. The van der Waals surface area contributed by atoms with E-state index in [1.165, 1.54) is 21.3 Å². The van der Waals surface area contributed by atoms with Crippen LogP contribution in [0.15, 0.2) is 47.4 Å². The van der Waals surface area contributed by atoms with E-state index in [-0.39, 0.29) is 54.5 Å². The summed E-state index contributed by atoms with van der Waals surface area (Å²) in [4.78, 5) is 14.7. The van der Waals surface area contributed by atoms with Crippen molar-refractivity contribution < 1.29 is 47.1 Å². The minimum absolute atomic E-state index is 0.0455. The molecule has 12 nitrogen and oxygen atoms in total. The van der Waals surface area contributed by atoms with Crippen molar-refractivity contribution in [2.45, 2.75) is 69.1 Å². The molecule has 0 aromatic heterocycles. The smallest absolute Gasteiger partial charge is 0.410 e. The number of aromatic hydroxyl groups is 1. The van der Waals surface area contributed by atoms with Crippen LogP contribution < -0.4 is 9.47 Å². The van der Waals surface area contributed by atoms with E-state index in [2.05, 4.69) is 0 Å². The summed E-state index contributed by atoms with van der Waals surface area (Å²) in [5.41, 5.74) is -1.76.